The minimum atomic E-state index is -0.597. The van der Waals surface area contributed by atoms with E-state index in [-0.39, 0.29) is 12.4 Å². The average molecular weight is 357 g/mol. The Kier molecular flexibility index (Phi) is 5.10. The van der Waals surface area contributed by atoms with E-state index in [0.29, 0.717) is 15.8 Å². The molecule has 3 rings (SSSR count). The first-order valence-electron chi connectivity index (χ1n) is 7.52. The summed E-state index contributed by atoms with van der Waals surface area (Å²) in [5, 5.41) is 6.15. The van der Waals surface area contributed by atoms with Crippen LogP contribution in [-0.2, 0) is 4.74 Å². The lowest BCUT2D eigenvalue weighted by Gasteiger charge is -2.03. The molecule has 2 aromatic heterocycles. The first-order valence-corrected chi connectivity index (χ1v) is 8.34. The van der Waals surface area contributed by atoms with Crippen LogP contribution in [0, 0.1) is 0 Å². The van der Waals surface area contributed by atoms with Crippen molar-refractivity contribution in [2.45, 2.75) is 6.92 Å². The Balaban J connectivity index is 1.90. The number of amides is 2. The van der Waals surface area contributed by atoms with Crippen molar-refractivity contribution in [2.24, 2.45) is 0 Å². The summed E-state index contributed by atoms with van der Waals surface area (Å²) < 4.78 is 9.95. The van der Waals surface area contributed by atoms with Crippen LogP contribution in [0.5, 0.6) is 0 Å². The van der Waals surface area contributed by atoms with Gasteiger partial charge in [-0.3, -0.25) is 10.1 Å². The molecular weight excluding hydrogens is 342 g/mol. The molecule has 2 amide bonds. The number of hydrogen-bond donors (Lipinski definition) is 2. The summed E-state index contributed by atoms with van der Waals surface area (Å²) in [7, 11) is 0. The van der Waals surface area contributed by atoms with E-state index in [4.69, 9.17) is 9.15 Å². The highest BCUT2D eigenvalue weighted by Crippen LogP contribution is 2.36. The van der Waals surface area contributed by atoms with Crippen molar-refractivity contribution in [2.75, 3.05) is 17.2 Å². The van der Waals surface area contributed by atoms with Gasteiger partial charge in [-0.2, -0.15) is 0 Å². The van der Waals surface area contributed by atoms with Gasteiger partial charge in [0.1, 0.15) is 10.7 Å². The van der Waals surface area contributed by atoms with Crippen molar-refractivity contribution in [3.05, 3.63) is 54.5 Å². The second kappa shape index (κ2) is 7.63. The average Bonchev–Trinajstić information content (AvgIpc) is 3.26. The predicted octanol–water partition coefficient (Wildman–Crippen LogP) is 4.22. The van der Waals surface area contributed by atoms with Crippen LogP contribution >= 0.6 is 11.3 Å². The Morgan fingerprint density at radius 2 is 1.96 bits per heavy atom. The van der Waals surface area contributed by atoms with Gasteiger partial charge < -0.3 is 14.5 Å². The molecule has 0 saturated carbocycles. The van der Waals surface area contributed by atoms with Gasteiger partial charge in [0.2, 0.25) is 0 Å². The topological polar surface area (TPSA) is 93.5 Å². The van der Waals surface area contributed by atoms with Crippen molar-refractivity contribution < 1.29 is 18.7 Å². The molecule has 25 heavy (non-hydrogen) atoms. The van der Waals surface area contributed by atoms with Crippen molar-refractivity contribution in [1.82, 2.24) is 4.98 Å². The van der Waals surface area contributed by atoms with Crippen molar-refractivity contribution in [3.8, 4) is 11.3 Å². The van der Waals surface area contributed by atoms with Gasteiger partial charge in [0.05, 0.1) is 12.9 Å². The minimum absolute atomic E-state index is 0.187. The van der Waals surface area contributed by atoms with Crippen molar-refractivity contribution in [3.63, 3.8) is 0 Å². The number of ether oxygens (including phenoxy) is 1. The summed E-state index contributed by atoms with van der Waals surface area (Å²) >= 11 is 1.14. The zero-order valence-electron chi connectivity index (χ0n) is 13.3. The molecule has 0 aliphatic carbocycles. The van der Waals surface area contributed by atoms with Crippen LogP contribution < -0.4 is 10.6 Å². The highest BCUT2D eigenvalue weighted by atomic mass is 32.1. The second-order valence-corrected chi connectivity index (χ2v) is 5.84. The first-order chi connectivity index (χ1) is 12.2. The van der Waals surface area contributed by atoms with Crippen LogP contribution in [-0.4, -0.2) is 23.6 Å². The minimum Gasteiger partial charge on any atom is -0.459 e. The third-order valence-electron chi connectivity index (χ3n) is 3.13. The van der Waals surface area contributed by atoms with Gasteiger partial charge in [-0.05, 0) is 19.1 Å². The Labute approximate surface area is 147 Å². The molecule has 3 aromatic rings. The summed E-state index contributed by atoms with van der Waals surface area (Å²) in [4.78, 5) is 28.3. The summed E-state index contributed by atoms with van der Waals surface area (Å²) in [6.07, 6.45) is 0.827. The number of aromatic nitrogens is 1. The molecule has 0 aliphatic rings. The molecule has 2 N–H and O–H groups in total. The smallest absolute Gasteiger partial charge is 0.413 e. The van der Waals surface area contributed by atoms with E-state index < -0.39 is 12.0 Å². The molecule has 0 radical (unpaired) electrons. The van der Waals surface area contributed by atoms with Crippen LogP contribution in [0.25, 0.3) is 11.3 Å². The summed E-state index contributed by atoms with van der Waals surface area (Å²) in [6.45, 7) is 1.97. The Morgan fingerprint density at radius 1 is 1.16 bits per heavy atom. The molecule has 0 unspecified atom stereocenters. The monoisotopic (exact) mass is 357 g/mol. The zero-order chi connectivity index (χ0) is 17.6. The fourth-order valence-corrected chi connectivity index (χ4v) is 2.95. The highest BCUT2D eigenvalue weighted by Gasteiger charge is 2.18. The van der Waals surface area contributed by atoms with E-state index in [1.807, 2.05) is 30.3 Å². The Hall–Kier alpha value is -3.13. The van der Waals surface area contributed by atoms with Crippen LogP contribution in [0.4, 0.5) is 14.9 Å². The molecular formula is C17H15N3O4S. The number of carbonyl (C=O) groups excluding carboxylic acids is 2. The lowest BCUT2D eigenvalue weighted by molar-refractivity contribution is 0.0997. The lowest BCUT2D eigenvalue weighted by Crippen LogP contribution is -2.12. The number of thiazole rings is 1. The zero-order valence-corrected chi connectivity index (χ0v) is 14.1. The van der Waals surface area contributed by atoms with Gasteiger partial charge in [0.25, 0.3) is 5.91 Å². The SMILES string of the molecule is CCOC(=O)Nc1nc(-c2ccccc2)c(NC(=O)c2ccco2)s1. The van der Waals surface area contributed by atoms with Gasteiger partial charge in [-0.1, -0.05) is 41.7 Å². The second-order valence-electron chi connectivity index (χ2n) is 4.84. The third-order valence-corrected chi connectivity index (χ3v) is 4.02. The number of benzene rings is 1. The molecule has 2 heterocycles. The maximum Gasteiger partial charge on any atom is 0.413 e. The van der Waals surface area contributed by atoms with E-state index in [1.165, 1.54) is 6.26 Å². The molecule has 0 spiro atoms. The number of nitrogens with one attached hydrogen (secondary N) is 2. The Morgan fingerprint density at radius 3 is 2.64 bits per heavy atom. The van der Waals surface area contributed by atoms with E-state index in [2.05, 4.69) is 15.6 Å². The standard InChI is InChI=1S/C17H15N3O4S/c1-2-23-17(22)20-16-18-13(11-7-4-3-5-8-11)15(25-16)19-14(21)12-9-6-10-24-12/h3-10H,2H2,1H3,(H,19,21)(H,18,20,22). The number of nitrogens with zero attached hydrogens (tertiary/aromatic N) is 1. The first kappa shape index (κ1) is 16.7. The summed E-state index contributed by atoms with van der Waals surface area (Å²) in [5.41, 5.74) is 1.36. The molecule has 0 atom stereocenters. The van der Waals surface area contributed by atoms with Crippen LogP contribution in [0.3, 0.4) is 0 Å². The van der Waals surface area contributed by atoms with Gasteiger partial charge in [0, 0.05) is 5.56 Å². The number of anilines is 2. The van der Waals surface area contributed by atoms with Crippen LogP contribution in [0.1, 0.15) is 17.5 Å². The van der Waals surface area contributed by atoms with E-state index in [9.17, 15) is 9.59 Å². The number of carbonyl (C=O) groups is 2. The maximum atomic E-state index is 12.3. The molecule has 8 heteroatoms. The predicted molar refractivity (Wildman–Crippen MR) is 94.9 cm³/mol. The summed E-state index contributed by atoms with van der Waals surface area (Å²) in [6, 6.07) is 12.5. The fourth-order valence-electron chi connectivity index (χ4n) is 2.08. The Bertz CT molecular complexity index is 859. The molecule has 0 aliphatic heterocycles. The van der Waals surface area contributed by atoms with Gasteiger partial charge >= 0.3 is 6.09 Å². The highest BCUT2D eigenvalue weighted by molar-refractivity contribution is 7.20. The van der Waals surface area contributed by atoms with E-state index in [1.54, 1.807) is 19.1 Å². The largest absolute Gasteiger partial charge is 0.459 e. The molecule has 7 nitrogen and oxygen atoms in total. The van der Waals surface area contributed by atoms with Crippen molar-refractivity contribution >= 4 is 33.5 Å². The quantitative estimate of drug-likeness (QED) is 0.713. The number of furan rings is 1. The molecule has 0 saturated heterocycles. The lowest BCUT2D eigenvalue weighted by atomic mass is 10.2. The van der Waals surface area contributed by atoms with Gasteiger partial charge in [-0.15, -0.1) is 0 Å². The number of hydrogen-bond acceptors (Lipinski definition) is 6. The third kappa shape index (κ3) is 4.04. The molecule has 0 bridgehead atoms. The molecule has 1 aromatic carbocycles. The van der Waals surface area contributed by atoms with Gasteiger partial charge in [-0.25, -0.2) is 9.78 Å². The fraction of sp³-hybridized carbons (Fsp3) is 0.118. The molecule has 0 fully saturated rings. The number of rotatable bonds is 5. The normalized spacial score (nSPS) is 10.3. The summed E-state index contributed by atoms with van der Waals surface area (Å²) in [5.74, 6) is -0.208. The van der Waals surface area contributed by atoms with Crippen LogP contribution in [0.15, 0.2) is 53.1 Å². The van der Waals surface area contributed by atoms with E-state index in [0.717, 1.165) is 16.9 Å². The molecule has 128 valence electrons. The van der Waals surface area contributed by atoms with Crippen molar-refractivity contribution in [1.29, 1.82) is 0 Å². The van der Waals surface area contributed by atoms with Gasteiger partial charge in [0.15, 0.2) is 10.9 Å². The maximum absolute atomic E-state index is 12.3. The van der Waals surface area contributed by atoms with E-state index >= 15 is 0 Å². The van der Waals surface area contributed by atoms with Crippen LogP contribution in [0.2, 0.25) is 0 Å².